The smallest absolute Gasteiger partial charge is 0.189 e. The van der Waals surface area contributed by atoms with Crippen LogP contribution in [0.25, 0.3) is 0 Å². The average molecular weight is 276 g/mol. The quantitative estimate of drug-likeness (QED) is 0.862. The summed E-state index contributed by atoms with van der Waals surface area (Å²) in [5.74, 6) is 0.992. The fraction of sp³-hybridized carbons (Fsp3) is 0.625. The Bertz CT molecular complexity index is 476. The first-order valence-electron chi connectivity index (χ1n) is 7.63. The number of ether oxygens (including phenoxy) is 2. The van der Waals surface area contributed by atoms with Crippen LogP contribution in [0.1, 0.15) is 43.7 Å². The molecule has 2 N–H and O–H groups in total. The minimum atomic E-state index is 0.348. The van der Waals surface area contributed by atoms with Crippen molar-refractivity contribution in [1.82, 2.24) is 4.90 Å². The molecule has 1 atom stereocenters. The normalized spacial score (nSPS) is 23.1. The second-order valence-corrected chi connectivity index (χ2v) is 5.81. The molecule has 3 rings (SSSR count). The lowest BCUT2D eigenvalue weighted by molar-refractivity contribution is -0.0177. The zero-order valence-corrected chi connectivity index (χ0v) is 12.2. The summed E-state index contributed by atoms with van der Waals surface area (Å²) < 4.78 is 11.1. The molecule has 2 aliphatic heterocycles. The van der Waals surface area contributed by atoms with E-state index in [2.05, 4.69) is 17.9 Å². The Labute approximate surface area is 120 Å². The molecule has 4 heteroatoms. The fourth-order valence-corrected chi connectivity index (χ4v) is 3.39. The van der Waals surface area contributed by atoms with Gasteiger partial charge in [0.2, 0.25) is 0 Å². The van der Waals surface area contributed by atoms with Crippen LogP contribution in [-0.2, 0) is 17.9 Å². The molecule has 0 amide bonds. The Hall–Kier alpha value is -1.26. The van der Waals surface area contributed by atoms with Crippen LogP contribution in [0, 0.1) is 0 Å². The highest BCUT2D eigenvalue weighted by atomic mass is 16.7. The van der Waals surface area contributed by atoms with Crippen molar-refractivity contribution in [2.24, 2.45) is 0 Å². The SMILES string of the molecule is CCC1CCCCN1Cc1cc(N)cc2c1OCOC2. The molecule has 1 fully saturated rings. The van der Waals surface area contributed by atoms with E-state index in [1.165, 1.54) is 37.8 Å². The van der Waals surface area contributed by atoms with Gasteiger partial charge in [-0.2, -0.15) is 0 Å². The van der Waals surface area contributed by atoms with E-state index in [0.717, 1.165) is 23.5 Å². The van der Waals surface area contributed by atoms with E-state index in [-0.39, 0.29) is 0 Å². The van der Waals surface area contributed by atoms with E-state index in [9.17, 15) is 0 Å². The molecule has 1 saturated heterocycles. The molecule has 0 spiro atoms. The van der Waals surface area contributed by atoms with Gasteiger partial charge in [0, 0.05) is 29.4 Å². The van der Waals surface area contributed by atoms with Gasteiger partial charge in [-0.1, -0.05) is 13.3 Å². The van der Waals surface area contributed by atoms with Gasteiger partial charge in [-0.15, -0.1) is 0 Å². The highest BCUT2D eigenvalue weighted by Crippen LogP contribution is 2.33. The number of hydrogen-bond donors (Lipinski definition) is 1. The van der Waals surface area contributed by atoms with E-state index in [0.29, 0.717) is 19.4 Å². The van der Waals surface area contributed by atoms with Crippen molar-refractivity contribution in [1.29, 1.82) is 0 Å². The number of anilines is 1. The lowest BCUT2D eigenvalue weighted by Crippen LogP contribution is -2.38. The summed E-state index contributed by atoms with van der Waals surface area (Å²) in [5.41, 5.74) is 9.12. The van der Waals surface area contributed by atoms with Crippen LogP contribution in [-0.4, -0.2) is 24.3 Å². The molecule has 0 bridgehead atoms. The lowest BCUT2D eigenvalue weighted by Gasteiger charge is -2.36. The van der Waals surface area contributed by atoms with Gasteiger partial charge >= 0.3 is 0 Å². The van der Waals surface area contributed by atoms with Crippen molar-refractivity contribution in [2.45, 2.75) is 51.8 Å². The van der Waals surface area contributed by atoms with Crippen molar-refractivity contribution in [2.75, 3.05) is 19.1 Å². The molecule has 0 radical (unpaired) electrons. The number of benzene rings is 1. The average Bonchev–Trinajstić information content (AvgIpc) is 2.47. The second-order valence-electron chi connectivity index (χ2n) is 5.81. The third-order valence-electron chi connectivity index (χ3n) is 4.40. The van der Waals surface area contributed by atoms with E-state index in [1.54, 1.807) is 0 Å². The van der Waals surface area contributed by atoms with Crippen molar-refractivity contribution in [3.8, 4) is 5.75 Å². The molecule has 20 heavy (non-hydrogen) atoms. The molecule has 110 valence electrons. The molecule has 0 aromatic heterocycles. The number of nitrogen functional groups attached to an aromatic ring is 1. The standard InChI is InChI=1S/C16H24N2O2/c1-2-15-5-3-4-6-18(15)9-12-7-14(17)8-13-10-19-11-20-16(12)13/h7-8,15H,2-6,9-11,17H2,1H3. The first kappa shape index (κ1) is 13.7. The number of piperidine rings is 1. The minimum absolute atomic E-state index is 0.348. The number of hydrogen-bond acceptors (Lipinski definition) is 4. The molecular formula is C16H24N2O2. The van der Waals surface area contributed by atoms with Crippen LogP contribution >= 0.6 is 0 Å². The zero-order chi connectivity index (χ0) is 13.9. The summed E-state index contributed by atoms with van der Waals surface area (Å²) in [6.07, 6.45) is 5.18. The van der Waals surface area contributed by atoms with Gasteiger partial charge in [-0.05, 0) is 37.9 Å². The van der Waals surface area contributed by atoms with Gasteiger partial charge in [0.05, 0.1) is 6.61 Å². The second kappa shape index (κ2) is 6.02. The van der Waals surface area contributed by atoms with Crippen LogP contribution in [0.5, 0.6) is 5.75 Å². The van der Waals surface area contributed by atoms with E-state index in [1.807, 2.05) is 6.07 Å². The number of likely N-dealkylation sites (tertiary alicyclic amines) is 1. The molecule has 1 aromatic carbocycles. The fourth-order valence-electron chi connectivity index (χ4n) is 3.39. The summed E-state index contributed by atoms with van der Waals surface area (Å²) in [7, 11) is 0. The maximum atomic E-state index is 6.03. The first-order chi connectivity index (χ1) is 9.78. The van der Waals surface area contributed by atoms with Crippen molar-refractivity contribution >= 4 is 5.69 Å². The number of rotatable bonds is 3. The van der Waals surface area contributed by atoms with Gasteiger partial charge in [0.25, 0.3) is 0 Å². The Morgan fingerprint density at radius 1 is 1.35 bits per heavy atom. The van der Waals surface area contributed by atoms with Crippen molar-refractivity contribution in [3.05, 3.63) is 23.3 Å². The number of fused-ring (bicyclic) bond motifs is 1. The van der Waals surface area contributed by atoms with Gasteiger partial charge in [0.1, 0.15) is 5.75 Å². The molecule has 2 aliphatic rings. The number of nitrogens with two attached hydrogens (primary N) is 1. The van der Waals surface area contributed by atoms with Gasteiger partial charge in [-0.25, -0.2) is 0 Å². The molecule has 1 aromatic rings. The van der Waals surface area contributed by atoms with E-state index in [4.69, 9.17) is 15.2 Å². The van der Waals surface area contributed by atoms with Crippen molar-refractivity contribution in [3.63, 3.8) is 0 Å². The monoisotopic (exact) mass is 276 g/mol. The Balaban J connectivity index is 1.84. The summed E-state index contributed by atoms with van der Waals surface area (Å²) in [6, 6.07) is 4.72. The Morgan fingerprint density at radius 2 is 2.25 bits per heavy atom. The lowest BCUT2D eigenvalue weighted by atomic mass is 9.98. The van der Waals surface area contributed by atoms with Crippen LogP contribution in [0.4, 0.5) is 5.69 Å². The third kappa shape index (κ3) is 2.76. The van der Waals surface area contributed by atoms with Crippen LogP contribution in [0.15, 0.2) is 12.1 Å². The molecule has 4 nitrogen and oxygen atoms in total. The Morgan fingerprint density at radius 3 is 3.10 bits per heavy atom. The van der Waals surface area contributed by atoms with Gasteiger partial charge in [-0.3, -0.25) is 4.90 Å². The highest BCUT2D eigenvalue weighted by Gasteiger charge is 2.24. The molecule has 2 heterocycles. The Kier molecular flexibility index (Phi) is 4.13. The van der Waals surface area contributed by atoms with Gasteiger partial charge in [0.15, 0.2) is 6.79 Å². The van der Waals surface area contributed by atoms with Crippen molar-refractivity contribution < 1.29 is 9.47 Å². The zero-order valence-electron chi connectivity index (χ0n) is 12.2. The maximum absolute atomic E-state index is 6.03. The molecule has 0 saturated carbocycles. The largest absolute Gasteiger partial charge is 0.467 e. The predicted molar refractivity (Wildman–Crippen MR) is 79.5 cm³/mol. The summed E-state index contributed by atoms with van der Waals surface area (Å²) in [4.78, 5) is 2.58. The van der Waals surface area contributed by atoms with E-state index >= 15 is 0 Å². The highest BCUT2D eigenvalue weighted by molar-refractivity contribution is 5.53. The molecular weight excluding hydrogens is 252 g/mol. The van der Waals surface area contributed by atoms with Crippen LogP contribution in [0.2, 0.25) is 0 Å². The minimum Gasteiger partial charge on any atom is -0.467 e. The summed E-state index contributed by atoms with van der Waals surface area (Å²) >= 11 is 0. The summed E-state index contributed by atoms with van der Waals surface area (Å²) in [5, 5.41) is 0. The third-order valence-corrected chi connectivity index (χ3v) is 4.40. The van der Waals surface area contributed by atoms with Crippen LogP contribution in [0.3, 0.4) is 0 Å². The predicted octanol–water partition coefficient (Wildman–Crippen LogP) is 2.90. The van der Waals surface area contributed by atoms with Gasteiger partial charge < -0.3 is 15.2 Å². The van der Waals surface area contributed by atoms with E-state index < -0.39 is 0 Å². The first-order valence-corrected chi connectivity index (χ1v) is 7.63. The maximum Gasteiger partial charge on any atom is 0.189 e. The topological polar surface area (TPSA) is 47.7 Å². The number of nitrogens with zero attached hydrogens (tertiary/aromatic N) is 1. The summed E-state index contributed by atoms with van der Waals surface area (Å²) in [6.45, 7) is 5.35. The van der Waals surface area contributed by atoms with Crippen LogP contribution < -0.4 is 10.5 Å². The molecule has 1 unspecified atom stereocenters. The molecule has 0 aliphatic carbocycles.